The fourth-order valence-corrected chi connectivity index (χ4v) is 5.52. The van der Waals surface area contributed by atoms with Gasteiger partial charge >= 0.3 is 17.8 Å². The van der Waals surface area contributed by atoms with Crippen LogP contribution in [0.1, 0.15) is 56.0 Å². The number of carbonyl (C=O) groups excluding carboxylic acids is 3. The highest BCUT2D eigenvalue weighted by molar-refractivity contribution is 7.10. The van der Waals surface area contributed by atoms with Crippen LogP contribution in [-0.4, -0.2) is 51.8 Å². The molecule has 2 fully saturated rings. The van der Waals surface area contributed by atoms with Gasteiger partial charge in [0.2, 0.25) is 0 Å². The molecule has 0 radical (unpaired) electrons. The molecule has 4 rings (SSSR count). The van der Waals surface area contributed by atoms with Gasteiger partial charge in [-0.05, 0) is 49.1 Å². The largest absolute Gasteiger partial charge is 0.335 e. The second-order valence-corrected chi connectivity index (χ2v) is 8.70. The molecular weight excluding hydrogens is 350 g/mol. The lowest BCUT2D eigenvalue weighted by Gasteiger charge is -2.36. The van der Waals surface area contributed by atoms with Gasteiger partial charge in [0.25, 0.3) is 0 Å². The number of urea groups is 1. The van der Waals surface area contributed by atoms with E-state index < -0.39 is 17.8 Å². The third-order valence-corrected chi connectivity index (χ3v) is 7.21. The van der Waals surface area contributed by atoms with E-state index in [1.807, 2.05) is 0 Å². The van der Waals surface area contributed by atoms with Crippen molar-refractivity contribution in [3.8, 4) is 0 Å². The third-order valence-electron chi connectivity index (χ3n) is 6.21. The van der Waals surface area contributed by atoms with Crippen LogP contribution in [0.15, 0.2) is 11.4 Å². The van der Waals surface area contributed by atoms with Crippen molar-refractivity contribution in [2.45, 2.75) is 58.0 Å². The number of imide groups is 2. The van der Waals surface area contributed by atoms with E-state index in [1.165, 1.54) is 15.3 Å². The highest BCUT2D eigenvalue weighted by Gasteiger charge is 2.49. The quantitative estimate of drug-likeness (QED) is 0.602. The molecule has 0 spiro atoms. The first-order valence-corrected chi connectivity index (χ1v) is 10.4. The van der Waals surface area contributed by atoms with Gasteiger partial charge in [-0.1, -0.05) is 19.8 Å². The highest BCUT2D eigenvalue weighted by atomic mass is 32.1. The Morgan fingerprint density at radius 2 is 1.88 bits per heavy atom. The molecule has 0 aromatic carbocycles. The van der Waals surface area contributed by atoms with Gasteiger partial charge in [0.15, 0.2) is 0 Å². The molecule has 3 atom stereocenters. The molecule has 1 saturated carbocycles. The van der Waals surface area contributed by atoms with Gasteiger partial charge in [-0.3, -0.25) is 19.4 Å². The van der Waals surface area contributed by atoms with Gasteiger partial charge in [0, 0.05) is 23.5 Å². The minimum Gasteiger partial charge on any atom is -0.278 e. The Labute approximate surface area is 157 Å². The molecule has 3 aliphatic rings. The Bertz CT molecular complexity index is 746. The molecular formula is C19H25N3O3S. The van der Waals surface area contributed by atoms with Crippen molar-refractivity contribution < 1.29 is 14.4 Å². The summed E-state index contributed by atoms with van der Waals surface area (Å²) in [6.45, 7) is 5.15. The first-order chi connectivity index (χ1) is 12.5. The van der Waals surface area contributed by atoms with Crippen LogP contribution in [0.3, 0.4) is 0 Å². The summed E-state index contributed by atoms with van der Waals surface area (Å²) in [6, 6.07) is 1.69. The summed E-state index contributed by atoms with van der Waals surface area (Å²) in [5.41, 5.74) is 1.27. The summed E-state index contributed by atoms with van der Waals surface area (Å²) in [7, 11) is 0. The number of fused-ring (bicyclic) bond motifs is 1. The Kier molecular flexibility index (Phi) is 4.61. The van der Waals surface area contributed by atoms with Crippen LogP contribution in [0.2, 0.25) is 0 Å². The van der Waals surface area contributed by atoms with Crippen LogP contribution in [0.4, 0.5) is 4.79 Å². The number of thiophene rings is 1. The van der Waals surface area contributed by atoms with Gasteiger partial charge < -0.3 is 0 Å². The van der Waals surface area contributed by atoms with Crippen molar-refractivity contribution in [2.75, 3.05) is 13.2 Å². The first-order valence-electron chi connectivity index (χ1n) is 9.48. The first kappa shape index (κ1) is 17.7. The fraction of sp³-hybridized carbons (Fsp3) is 0.632. The number of hydrogen-bond acceptors (Lipinski definition) is 5. The average Bonchev–Trinajstić information content (AvgIpc) is 3.18. The molecule has 6 nitrogen and oxygen atoms in total. The fourth-order valence-electron chi connectivity index (χ4n) is 4.56. The predicted molar refractivity (Wildman–Crippen MR) is 98.5 cm³/mol. The van der Waals surface area contributed by atoms with E-state index in [4.69, 9.17) is 0 Å². The smallest absolute Gasteiger partial charge is 0.278 e. The minimum absolute atomic E-state index is 0.139. The van der Waals surface area contributed by atoms with Crippen LogP contribution in [0.25, 0.3) is 0 Å². The molecule has 3 heterocycles. The van der Waals surface area contributed by atoms with E-state index in [9.17, 15) is 14.4 Å². The highest BCUT2D eigenvalue weighted by Crippen LogP contribution is 2.34. The zero-order valence-electron chi connectivity index (χ0n) is 15.3. The lowest BCUT2D eigenvalue weighted by molar-refractivity contribution is -0.145. The Balaban J connectivity index is 1.51. The zero-order valence-corrected chi connectivity index (χ0v) is 16.1. The van der Waals surface area contributed by atoms with Gasteiger partial charge in [0.05, 0.1) is 6.67 Å². The normalized spacial score (nSPS) is 30.2. The van der Waals surface area contributed by atoms with Crippen LogP contribution in [0, 0.1) is 5.92 Å². The van der Waals surface area contributed by atoms with E-state index in [-0.39, 0.29) is 24.7 Å². The van der Waals surface area contributed by atoms with Crippen LogP contribution in [0.5, 0.6) is 0 Å². The maximum atomic E-state index is 12.9. The van der Waals surface area contributed by atoms with E-state index in [2.05, 4.69) is 30.2 Å². The van der Waals surface area contributed by atoms with Crippen LogP contribution in [-0.2, 0) is 16.0 Å². The van der Waals surface area contributed by atoms with Crippen LogP contribution < -0.4 is 0 Å². The van der Waals surface area contributed by atoms with Crippen molar-refractivity contribution in [3.05, 3.63) is 21.9 Å². The van der Waals surface area contributed by atoms with E-state index >= 15 is 0 Å². The lowest BCUT2D eigenvalue weighted by atomic mass is 9.85. The number of carbonyl (C=O) groups is 3. The summed E-state index contributed by atoms with van der Waals surface area (Å²) in [4.78, 5) is 43.9. The SMILES string of the molecule is CC1CCCCC1N1C(=O)C(=O)N(CN2CCc3sccc3C2C)C1=O. The molecule has 3 unspecified atom stereocenters. The molecule has 1 saturated heterocycles. The Morgan fingerprint density at radius 3 is 2.65 bits per heavy atom. The van der Waals surface area contributed by atoms with Gasteiger partial charge in [0.1, 0.15) is 0 Å². The second kappa shape index (κ2) is 6.78. The van der Waals surface area contributed by atoms with E-state index in [0.29, 0.717) is 0 Å². The zero-order chi connectivity index (χ0) is 18.4. The van der Waals surface area contributed by atoms with Crippen molar-refractivity contribution in [2.24, 2.45) is 5.92 Å². The maximum Gasteiger partial charge on any atom is 0.335 e. The average molecular weight is 375 g/mol. The summed E-state index contributed by atoms with van der Waals surface area (Å²) in [5, 5.41) is 2.09. The molecule has 4 amide bonds. The second-order valence-electron chi connectivity index (χ2n) is 7.70. The number of hydrogen-bond donors (Lipinski definition) is 0. The van der Waals surface area contributed by atoms with Gasteiger partial charge in [-0.2, -0.15) is 0 Å². The lowest BCUT2D eigenvalue weighted by Crippen LogP contribution is -2.48. The summed E-state index contributed by atoms with van der Waals surface area (Å²) >= 11 is 1.76. The molecule has 1 aliphatic carbocycles. The molecule has 140 valence electrons. The Morgan fingerprint density at radius 1 is 1.12 bits per heavy atom. The van der Waals surface area contributed by atoms with Crippen LogP contribution >= 0.6 is 11.3 Å². The third kappa shape index (κ3) is 2.77. The van der Waals surface area contributed by atoms with Crippen molar-refractivity contribution >= 4 is 29.2 Å². The summed E-state index contributed by atoms with van der Waals surface area (Å²) in [5.74, 6) is -1.06. The van der Waals surface area contributed by atoms with Crippen molar-refractivity contribution in [3.63, 3.8) is 0 Å². The van der Waals surface area contributed by atoms with Crippen molar-refractivity contribution in [1.29, 1.82) is 0 Å². The standard InChI is InChI=1S/C19H25N3O3S/c1-12-5-3-4-6-15(12)22-18(24)17(23)21(19(22)25)11-20-9-7-16-14(13(20)2)8-10-26-16/h8,10,12-13,15H,3-7,9,11H2,1-2H3. The molecule has 2 aliphatic heterocycles. The topological polar surface area (TPSA) is 60.9 Å². The molecule has 1 aromatic rings. The molecule has 7 heteroatoms. The van der Waals surface area contributed by atoms with E-state index in [0.717, 1.165) is 43.5 Å². The maximum absolute atomic E-state index is 12.9. The van der Waals surface area contributed by atoms with Crippen molar-refractivity contribution in [1.82, 2.24) is 14.7 Å². The van der Waals surface area contributed by atoms with Gasteiger partial charge in [-0.15, -0.1) is 11.3 Å². The summed E-state index contributed by atoms with van der Waals surface area (Å²) < 4.78 is 0. The Hall–Kier alpha value is -1.73. The number of rotatable bonds is 3. The number of nitrogens with zero attached hydrogens (tertiary/aromatic N) is 3. The monoisotopic (exact) mass is 375 g/mol. The molecule has 0 N–H and O–H groups in total. The molecule has 1 aromatic heterocycles. The molecule has 26 heavy (non-hydrogen) atoms. The number of amides is 4. The molecule has 0 bridgehead atoms. The minimum atomic E-state index is -0.670. The van der Waals surface area contributed by atoms with Gasteiger partial charge in [-0.25, -0.2) is 9.69 Å². The van der Waals surface area contributed by atoms with E-state index in [1.54, 1.807) is 11.3 Å². The predicted octanol–water partition coefficient (Wildman–Crippen LogP) is 2.99. The summed E-state index contributed by atoms with van der Waals surface area (Å²) in [6.07, 6.45) is 4.85.